The predicted octanol–water partition coefficient (Wildman–Crippen LogP) is 2.26. The Bertz CT molecular complexity index is 444. The zero-order chi connectivity index (χ0) is 13.8. The summed E-state index contributed by atoms with van der Waals surface area (Å²) in [5.41, 5.74) is 1.64. The maximum Gasteiger partial charge on any atom is 0.144 e. The fourth-order valence-electron chi connectivity index (χ4n) is 2.02. The van der Waals surface area contributed by atoms with Crippen LogP contribution in [0.4, 0.5) is 5.82 Å². The van der Waals surface area contributed by atoms with Crippen molar-refractivity contribution < 1.29 is 0 Å². The zero-order valence-corrected chi connectivity index (χ0v) is 11.9. The van der Waals surface area contributed by atoms with Crippen molar-refractivity contribution in [2.45, 2.75) is 20.8 Å². The van der Waals surface area contributed by atoms with Crippen molar-refractivity contribution in [2.24, 2.45) is 5.41 Å². The highest BCUT2D eigenvalue weighted by atomic mass is 15.1. The Morgan fingerprint density at radius 3 is 2.61 bits per heavy atom. The molecule has 0 aliphatic rings. The van der Waals surface area contributed by atoms with E-state index in [0.717, 1.165) is 18.8 Å². The fourth-order valence-corrected chi connectivity index (χ4v) is 2.02. The summed E-state index contributed by atoms with van der Waals surface area (Å²) in [5, 5.41) is 12.3. The molecule has 98 valence electrons. The first-order valence-electron chi connectivity index (χ1n) is 6.10. The molecule has 0 aliphatic heterocycles. The minimum atomic E-state index is 0.127. The van der Waals surface area contributed by atoms with Gasteiger partial charge in [-0.1, -0.05) is 13.8 Å². The largest absolute Gasteiger partial charge is 0.368 e. The molecular formula is C14H22N4. The van der Waals surface area contributed by atoms with Gasteiger partial charge in [-0.2, -0.15) is 5.26 Å². The Balaban J connectivity index is 2.74. The van der Waals surface area contributed by atoms with Crippen molar-refractivity contribution in [3.8, 4) is 6.07 Å². The van der Waals surface area contributed by atoms with Crippen LogP contribution in [0.1, 0.15) is 25.1 Å². The number of aromatic nitrogens is 1. The molecule has 4 heteroatoms. The summed E-state index contributed by atoms with van der Waals surface area (Å²) in [4.78, 5) is 6.54. The smallest absolute Gasteiger partial charge is 0.144 e. The lowest BCUT2D eigenvalue weighted by Gasteiger charge is -2.28. The lowest BCUT2D eigenvalue weighted by Crippen LogP contribution is -2.34. The SMILES string of the molecule is Cc1ccc(C#N)c(NCC(C)(C)CN(C)C)n1. The number of nitrogens with zero attached hydrogens (tertiary/aromatic N) is 3. The number of hydrogen-bond acceptors (Lipinski definition) is 4. The first-order valence-corrected chi connectivity index (χ1v) is 6.10. The van der Waals surface area contributed by atoms with Crippen molar-refractivity contribution in [2.75, 3.05) is 32.5 Å². The van der Waals surface area contributed by atoms with Gasteiger partial charge in [0, 0.05) is 18.8 Å². The van der Waals surface area contributed by atoms with Gasteiger partial charge in [-0.25, -0.2) is 4.98 Å². The topological polar surface area (TPSA) is 52.0 Å². The quantitative estimate of drug-likeness (QED) is 0.866. The van der Waals surface area contributed by atoms with Gasteiger partial charge in [0.15, 0.2) is 0 Å². The Morgan fingerprint density at radius 2 is 2.06 bits per heavy atom. The van der Waals surface area contributed by atoms with Crippen LogP contribution < -0.4 is 5.32 Å². The minimum absolute atomic E-state index is 0.127. The number of nitrogens with one attached hydrogen (secondary N) is 1. The number of hydrogen-bond donors (Lipinski definition) is 1. The van der Waals surface area contributed by atoms with Crippen LogP contribution in [0.3, 0.4) is 0 Å². The third-order valence-corrected chi connectivity index (χ3v) is 2.63. The molecule has 0 bridgehead atoms. The highest BCUT2D eigenvalue weighted by Crippen LogP contribution is 2.19. The van der Waals surface area contributed by atoms with Gasteiger partial charge in [0.2, 0.25) is 0 Å². The Kier molecular flexibility index (Phi) is 4.69. The second-order valence-electron chi connectivity index (χ2n) is 5.72. The van der Waals surface area contributed by atoms with E-state index in [1.165, 1.54) is 0 Å². The molecule has 1 aromatic heterocycles. The van der Waals surface area contributed by atoms with E-state index in [1.807, 2.05) is 19.1 Å². The van der Waals surface area contributed by atoms with Crippen LogP contribution in [0.25, 0.3) is 0 Å². The second kappa shape index (κ2) is 5.83. The maximum absolute atomic E-state index is 9.05. The van der Waals surface area contributed by atoms with E-state index in [1.54, 1.807) is 0 Å². The van der Waals surface area contributed by atoms with E-state index in [4.69, 9.17) is 5.26 Å². The predicted molar refractivity (Wildman–Crippen MR) is 74.5 cm³/mol. The van der Waals surface area contributed by atoms with Crippen LogP contribution in [0.15, 0.2) is 12.1 Å². The average Bonchev–Trinajstić information content (AvgIpc) is 2.25. The Morgan fingerprint density at radius 1 is 1.39 bits per heavy atom. The van der Waals surface area contributed by atoms with Crippen LogP contribution in [-0.2, 0) is 0 Å². The van der Waals surface area contributed by atoms with E-state index in [-0.39, 0.29) is 5.41 Å². The first kappa shape index (κ1) is 14.5. The van der Waals surface area contributed by atoms with E-state index >= 15 is 0 Å². The highest BCUT2D eigenvalue weighted by molar-refractivity contribution is 5.52. The van der Waals surface area contributed by atoms with Crippen molar-refractivity contribution in [3.63, 3.8) is 0 Å². The van der Waals surface area contributed by atoms with E-state index < -0.39 is 0 Å². The summed E-state index contributed by atoms with van der Waals surface area (Å²) in [5.74, 6) is 0.685. The molecule has 0 saturated carbocycles. The number of rotatable bonds is 5. The van der Waals surface area contributed by atoms with Gasteiger partial charge in [0.05, 0.1) is 5.56 Å². The molecule has 1 N–H and O–H groups in total. The third kappa shape index (κ3) is 4.34. The summed E-state index contributed by atoms with van der Waals surface area (Å²) >= 11 is 0. The molecule has 0 aliphatic carbocycles. The number of pyridine rings is 1. The molecule has 1 rings (SSSR count). The summed E-state index contributed by atoms with van der Waals surface area (Å²) in [6, 6.07) is 5.83. The van der Waals surface area contributed by atoms with Crippen LogP contribution in [-0.4, -0.2) is 37.1 Å². The monoisotopic (exact) mass is 246 g/mol. The Labute approximate surface area is 110 Å². The molecule has 0 spiro atoms. The normalized spacial score (nSPS) is 11.4. The summed E-state index contributed by atoms with van der Waals surface area (Å²) < 4.78 is 0. The minimum Gasteiger partial charge on any atom is -0.368 e. The lowest BCUT2D eigenvalue weighted by atomic mass is 9.93. The molecule has 18 heavy (non-hydrogen) atoms. The van der Waals surface area contributed by atoms with Crippen molar-refractivity contribution in [1.29, 1.82) is 5.26 Å². The van der Waals surface area contributed by atoms with Gasteiger partial charge in [0.25, 0.3) is 0 Å². The molecule has 0 unspecified atom stereocenters. The van der Waals surface area contributed by atoms with Crippen LogP contribution >= 0.6 is 0 Å². The van der Waals surface area contributed by atoms with Crippen LogP contribution in [0.2, 0.25) is 0 Å². The van der Waals surface area contributed by atoms with E-state index in [9.17, 15) is 0 Å². The maximum atomic E-state index is 9.05. The van der Waals surface area contributed by atoms with Gasteiger partial charge < -0.3 is 10.2 Å². The molecule has 1 heterocycles. The molecule has 1 aromatic rings. The summed E-state index contributed by atoms with van der Waals surface area (Å²) in [7, 11) is 4.13. The van der Waals surface area contributed by atoms with Gasteiger partial charge in [-0.15, -0.1) is 0 Å². The molecule has 0 fully saturated rings. The molecule has 0 radical (unpaired) electrons. The van der Waals surface area contributed by atoms with E-state index in [0.29, 0.717) is 11.4 Å². The fraction of sp³-hybridized carbons (Fsp3) is 0.571. The van der Waals surface area contributed by atoms with Gasteiger partial charge in [-0.05, 0) is 38.6 Å². The van der Waals surface area contributed by atoms with E-state index in [2.05, 4.69) is 49.2 Å². The number of nitriles is 1. The highest BCUT2D eigenvalue weighted by Gasteiger charge is 2.19. The molecular weight excluding hydrogens is 224 g/mol. The van der Waals surface area contributed by atoms with Gasteiger partial charge >= 0.3 is 0 Å². The summed E-state index contributed by atoms with van der Waals surface area (Å²) in [6.45, 7) is 8.09. The standard InChI is InChI=1S/C14H22N4/c1-11-6-7-12(8-15)13(17-11)16-9-14(2,3)10-18(4)5/h6-7H,9-10H2,1-5H3,(H,16,17). The third-order valence-electron chi connectivity index (χ3n) is 2.63. The van der Waals surface area contributed by atoms with Crippen molar-refractivity contribution in [3.05, 3.63) is 23.4 Å². The van der Waals surface area contributed by atoms with Gasteiger partial charge in [-0.3, -0.25) is 0 Å². The van der Waals surface area contributed by atoms with Crippen LogP contribution in [0, 0.1) is 23.7 Å². The lowest BCUT2D eigenvalue weighted by molar-refractivity contribution is 0.254. The molecule has 0 atom stereocenters. The Hall–Kier alpha value is -1.60. The molecule has 0 amide bonds. The first-order chi connectivity index (χ1) is 8.34. The van der Waals surface area contributed by atoms with Gasteiger partial charge in [0.1, 0.15) is 11.9 Å². The zero-order valence-electron chi connectivity index (χ0n) is 11.9. The molecule has 4 nitrogen and oxygen atoms in total. The molecule has 0 saturated heterocycles. The summed E-state index contributed by atoms with van der Waals surface area (Å²) in [6.07, 6.45) is 0. The van der Waals surface area contributed by atoms with Crippen molar-refractivity contribution >= 4 is 5.82 Å². The van der Waals surface area contributed by atoms with Crippen molar-refractivity contribution in [1.82, 2.24) is 9.88 Å². The second-order valence-corrected chi connectivity index (χ2v) is 5.72. The van der Waals surface area contributed by atoms with Crippen LogP contribution in [0.5, 0.6) is 0 Å². The molecule has 0 aromatic carbocycles. The number of aryl methyl sites for hydroxylation is 1. The average molecular weight is 246 g/mol. The number of anilines is 1.